The lowest BCUT2D eigenvalue weighted by atomic mass is 9.44. The molecule has 0 spiro atoms. The van der Waals surface area contributed by atoms with Crippen LogP contribution < -0.4 is 0 Å². The maximum atomic E-state index is 16.9. The zero-order valence-corrected chi connectivity index (χ0v) is 16.6. The van der Waals surface area contributed by atoms with Crippen molar-refractivity contribution in [3.05, 3.63) is 23.8 Å². The maximum Gasteiger partial charge on any atom is 0.190 e. The molecule has 0 aromatic carbocycles. The van der Waals surface area contributed by atoms with Gasteiger partial charge in [-0.25, -0.2) is 4.39 Å². The van der Waals surface area contributed by atoms with Gasteiger partial charge >= 0.3 is 0 Å². The molecule has 3 saturated carbocycles. The first-order valence-electron chi connectivity index (χ1n) is 10.1. The lowest BCUT2D eigenvalue weighted by Crippen LogP contribution is -2.69. The monoisotopic (exact) mass is 392 g/mol. The molecule has 0 amide bonds. The van der Waals surface area contributed by atoms with Crippen LogP contribution >= 0.6 is 0 Å². The van der Waals surface area contributed by atoms with Crippen LogP contribution in [0.15, 0.2) is 23.8 Å². The van der Waals surface area contributed by atoms with Gasteiger partial charge in [-0.05, 0) is 56.6 Å². The number of aliphatic hydroxyl groups is 3. The second kappa shape index (κ2) is 5.83. The fourth-order valence-electron chi connectivity index (χ4n) is 7.26. The predicted molar refractivity (Wildman–Crippen MR) is 99.9 cm³/mol. The van der Waals surface area contributed by atoms with Crippen molar-refractivity contribution in [1.82, 2.24) is 0 Å². The molecule has 0 aromatic rings. The summed E-state index contributed by atoms with van der Waals surface area (Å²) in [7, 11) is 0. The standard InChI is InChI=1S/C22H29FO5/c1-12-8-16-15-5-4-13-9-14(25)6-7-19(13,2)21(15,23)17(26)10-20(16,3)22(12,28)18(27)11-24/h6-7,9,12,15-17,24,26,28H,4-5,8,10-11H2,1-3H3/t12?,15-,16-,17?,19-,20-,21?,22-/m0/s1. The summed E-state index contributed by atoms with van der Waals surface area (Å²) in [5.74, 6) is -2.12. The highest BCUT2D eigenvalue weighted by molar-refractivity contribution is 6.01. The highest BCUT2D eigenvalue weighted by Gasteiger charge is 2.75. The molecular formula is C22H29FO5. The van der Waals surface area contributed by atoms with Crippen molar-refractivity contribution in [3.63, 3.8) is 0 Å². The minimum absolute atomic E-state index is 0.0676. The highest BCUT2D eigenvalue weighted by Crippen LogP contribution is 2.70. The van der Waals surface area contributed by atoms with Gasteiger partial charge in [0, 0.05) is 16.7 Å². The molecule has 3 fully saturated rings. The van der Waals surface area contributed by atoms with Crippen molar-refractivity contribution in [2.75, 3.05) is 6.61 Å². The van der Waals surface area contributed by atoms with Crippen LogP contribution in [0.25, 0.3) is 0 Å². The SMILES string of the molecule is CC1C[C@H]2[C@@H]3CCC4=CC(=O)C=C[C@]4(C)C3(F)C(O)C[C@]2(C)[C@@]1(O)C(=O)CO. The van der Waals surface area contributed by atoms with Crippen molar-refractivity contribution in [1.29, 1.82) is 0 Å². The Bertz CT molecular complexity index is 805. The van der Waals surface area contributed by atoms with Crippen molar-refractivity contribution >= 4 is 11.6 Å². The third-order valence-corrected chi connectivity index (χ3v) is 8.79. The minimum atomic E-state index is -1.98. The van der Waals surface area contributed by atoms with Gasteiger partial charge in [-0.3, -0.25) is 9.59 Å². The summed E-state index contributed by atoms with van der Waals surface area (Å²) in [5, 5.41) is 32.0. The molecule has 4 aliphatic carbocycles. The Hall–Kier alpha value is -1.37. The molecule has 0 radical (unpaired) electrons. The topological polar surface area (TPSA) is 94.8 Å². The second-order valence-electron chi connectivity index (χ2n) is 9.75. The lowest BCUT2D eigenvalue weighted by Gasteiger charge is -2.62. The van der Waals surface area contributed by atoms with Crippen LogP contribution in [0.3, 0.4) is 0 Å². The quantitative estimate of drug-likeness (QED) is 0.667. The number of allylic oxidation sites excluding steroid dienone is 4. The van der Waals surface area contributed by atoms with Crippen LogP contribution in [-0.4, -0.2) is 50.9 Å². The van der Waals surface area contributed by atoms with Gasteiger partial charge in [-0.1, -0.05) is 25.5 Å². The van der Waals surface area contributed by atoms with Crippen molar-refractivity contribution in [2.24, 2.45) is 28.6 Å². The van der Waals surface area contributed by atoms with E-state index in [1.807, 2.05) is 0 Å². The van der Waals surface area contributed by atoms with Gasteiger partial charge in [-0.15, -0.1) is 0 Å². The van der Waals surface area contributed by atoms with Gasteiger partial charge in [0.25, 0.3) is 0 Å². The summed E-state index contributed by atoms with van der Waals surface area (Å²) in [6.07, 6.45) is 4.44. The number of aliphatic hydroxyl groups excluding tert-OH is 2. The van der Waals surface area contributed by atoms with Crippen LogP contribution in [0.2, 0.25) is 0 Å². The van der Waals surface area contributed by atoms with E-state index in [0.717, 1.165) is 0 Å². The molecule has 154 valence electrons. The number of rotatable bonds is 2. The smallest absolute Gasteiger partial charge is 0.190 e. The Balaban J connectivity index is 1.84. The highest BCUT2D eigenvalue weighted by atomic mass is 19.1. The van der Waals surface area contributed by atoms with Gasteiger partial charge in [0.2, 0.25) is 0 Å². The molecule has 0 heterocycles. The normalized spacial score (nSPS) is 52.5. The molecule has 0 saturated heterocycles. The molecule has 3 N–H and O–H groups in total. The zero-order chi connectivity index (χ0) is 20.7. The van der Waals surface area contributed by atoms with Crippen LogP contribution in [0.4, 0.5) is 4.39 Å². The van der Waals surface area contributed by atoms with E-state index in [-0.39, 0.29) is 18.1 Å². The van der Waals surface area contributed by atoms with Crippen LogP contribution in [0.5, 0.6) is 0 Å². The van der Waals surface area contributed by atoms with E-state index in [1.54, 1.807) is 26.8 Å². The van der Waals surface area contributed by atoms with E-state index in [0.29, 0.717) is 24.8 Å². The number of halogens is 1. The van der Waals surface area contributed by atoms with Crippen LogP contribution in [0, 0.1) is 28.6 Å². The average molecular weight is 392 g/mol. The molecule has 4 rings (SSSR count). The molecule has 0 bridgehead atoms. The number of carbonyl (C=O) groups excluding carboxylic acids is 2. The van der Waals surface area contributed by atoms with E-state index in [4.69, 9.17) is 0 Å². The molecule has 4 aliphatic rings. The first kappa shape index (κ1) is 19.9. The summed E-state index contributed by atoms with van der Waals surface area (Å²) in [4.78, 5) is 24.4. The van der Waals surface area contributed by atoms with E-state index < -0.39 is 52.4 Å². The van der Waals surface area contributed by atoms with Crippen LogP contribution in [-0.2, 0) is 9.59 Å². The maximum absolute atomic E-state index is 16.9. The number of carbonyl (C=O) groups is 2. The number of hydrogen-bond acceptors (Lipinski definition) is 5. The summed E-state index contributed by atoms with van der Waals surface area (Å²) in [6.45, 7) is 4.48. The third kappa shape index (κ3) is 2.01. The largest absolute Gasteiger partial charge is 0.390 e. The molecule has 3 unspecified atom stereocenters. The molecule has 28 heavy (non-hydrogen) atoms. The molecule has 8 atom stereocenters. The first-order valence-corrected chi connectivity index (χ1v) is 10.1. The van der Waals surface area contributed by atoms with E-state index in [9.17, 15) is 24.9 Å². The number of alkyl halides is 1. The molecule has 0 aliphatic heterocycles. The zero-order valence-electron chi connectivity index (χ0n) is 16.6. The number of hydrogen-bond donors (Lipinski definition) is 3. The molecule has 5 nitrogen and oxygen atoms in total. The minimum Gasteiger partial charge on any atom is -0.390 e. The van der Waals surface area contributed by atoms with Gasteiger partial charge in [0.1, 0.15) is 12.2 Å². The summed E-state index contributed by atoms with van der Waals surface area (Å²) < 4.78 is 16.9. The molecule has 0 aromatic heterocycles. The number of fused-ring (bicyclic) bond motifs is 5. The van der Waals surface area contributed by atoms with Crippen molar-refractivity contribution < 1.29 is 29.3 Å². The van der Waals surface area contributed by atoms with E-state index >= 15 is 4.39 Å². The lowest BCUT2D eigenvalue weighted by molar-refractivity contribution is -0.219. The average Bonchev–Trinajstić information content (AvgIpc) is 2.84. The number of Topliss-reactive ketones (excluding diaryl/α,β-unsaturated/α-hetero) is 1. The first-order chi connectivity index (χ1) is 13.0. The summed E-state index contributed by atoms with van der Waals surface area (Å²) in [5.41, 5.74) is -5.17. The Kier molecular flexibility index (Phi) is 4.15. The Labute approximate surface area is 164 Å². The van der Waals surface area contributed by atoms with Crippen molar-refractivity contribution in [2.45, 2.75) is 63.8 Å². The Morgan fingerprint density at radius 2 is 2.00 bits per heavy atom. The predicted octanol–water partition coefficient (Wildman–Crippen LogP) is 1.90. The van der Waals surface area contributed by atoms with E-state index in [2.05, 4.69) is 0 Å². The molecule has 6 heteroatoms. The second-order valence-corrected chi connectivity index (χ2v) is 9.75. The molecular weight excluding hydrogens is 363 g/mol. The van der Waals surface area contributed by atoms with Gasteiger partial charge in [-0.2, -0.15) is 0 Å². The number of ketones is 2. The Morgan fingerprint density at radius 3 is 2.64 bits per heavy atom. The van der Waals surface area contributed by atoms with Crippen LogP contribution in [0.1, 0.15) is 46.5 Å². The fraction of sp³-hybridized carbons (Fsp3) is 0.727. The third-order valence-electron chi connectivity index (χ3n) is 8.79. The Morgan fingerprint density at radius 1 is 1.32 bits per heavy atom. The van der Waals surface area contributed by atoms with Crippen molar-refractivity contribution in [3.8, 4) is 0 Å². The fourth-order valence-corrected chi connectivity index (χ4v) is 7.26. The van der Waals surface area contributed by atoms with Gasteiger partial charge in [0.15, 0.2) is 17.2 Å². The van der Waals surface area contributed by atoms with Gasteiger partial charge in [0.05, 0.1) is 6.10 Å². The van der Waals surface area contributed by atoms with Gasteiger partial charge < -0.3 is 15.3 Å². The van der Waals surface area contributed by atoms with E-state index in [1.165, 1.54) is 12.2 Å². The summed E-state index contributed by atoms with van der Waals surface area (Å²) in [6, 6.07) is 0. The summed E-state index contributed by atoms with van der Waals surface area (Å²) >= 11 is 0.